The zero-order chi connectivity index (χ0) is 17.3. The molecule has 1 aliphatic rings. The molecule has 1 atom stereocenters. The molecular weight excluding hydrogens is 310 g/mol. The lowest BCUT2D eigenvalue weighted by atomic mass is 10.0. The third-order valence-corrected chi connectivity index (χ3v) is 3.86. The van der Waals surface area contributed by atoms with Gasteiger partial charge in [-0.15, -0.1) is 6.58 Å². The first-order valence-corrected chi connectivity index (χ1v) is 7.27. The molecule has 3 rings (SSSR count). The van der Waals surface area contributed by atoms with Gasteiger partial charge in [-0.2, -0.15) is 0 Å². The van der Waals surface area contributed by atoms with Gasteiger partial charge >= 0.3 is 0 Å². The standard InChI is InChI=1S/C17H15N3O4/c1-2-9-19-16(13-10-11(20(23)24)7-8-15(13)21)18-14-6-4-3-5-12(14)17(19)22/h2-8,10,16,18,21H,1,9H2. The molecule has 24 heavy (non-hydrogen) atoms. The third-order valence-electron chi connectivity index (χ3n) is 3.86. The molecule has 7 nitrogen and oxygen atoms in total. The number of nitro groups is 1. The second kappa shape index (κ2) is 6.04. The van der Waals surface area contributed by atoms with E-state index < -0.39 is 11.1 Å². The van der Waals surface area contributed by atoms with Crippen LogP contribution in [-0.2, 0) is 0 Å². The predicted octanol–water partition coefficient (Wildman–Crippen LogP) is 3.05. The van der Waals surface area contributed by atoms with Crippen molar-refractivity contribution in [1.29, 1.82) is 0 Å². The number of benzene rings is 2. The van der Waals surface area contributed by atoms with E-state index in [1.165, 1.54) is 23.1 Å². The number of non-ortho nitro benzene ring substituents is 1. The molecule has 0 aliphatic carbocycles. The number of phenols is 1. The van der Waals surface area contributed by atoms with Gasteiger partial charge in [0.25, 0.3) is 11.6 Å². The number of nitrogens with zero attached hydrogens (tertiary/aromatic N) is 2. The highest BCUT2D eigenvalue weighted by atomic mass is 16.6. The summed E-state index contributed by atoms with van der Waals surface area (Å²) in [5.74, 6) is -0.362. The molecule has 2 N–H and O–H groups in total. The van der Waals surface area contributed by atoms with Crippen molar-refractivity contribution in [3.63, 3.8) is 0 Å². The monoisotopic (exact) mass is 325 g/mol. The second-order valence-electron chi connectivity index (χ2n) is 5.34. The number of hydrogen-bond donors (Lipinski definition) is 2. The van der Waals surface area contributed by atoms with E-state index in [9.17, 15) is 20.0 Å². The van der Waals surface area contributed by atoms with Gasteiger partial charge in [0.1, 0.15) is 11.9 Å². The molecular formula is C17H15N3O4. The summed E-state index contributed by atoms with van der Waals surface area (Å²) >= 11 is 0. The van der Waals surface area contributed by atoms with E-state index in [1.807, 2.05) is 0 Å². The molecule has 2 aromatic rings. The summed E-state index contributed by atoms with van der Waals surface area (Å²) < 4.78 is 0. The van der Waals surface area contributed by atoms with E-state index in [2.05, 4.69) is 11.9 Å². The number of nitro benzene ring substituents is 1. The molecule has 0 aromatic heterocycles. The van der Waals surface area contributed by atoms with Crippen LogP contribution in [0, 0.1) is 10.1 Å². The van der Waals surface area contributed by atoms with Gasteiger partial charge < -0.3 is 15.3 Å². The SMILES string of the molecule is C=CCN1C(=O)c2ccccc2NC1c1cc([N+](=O)[O-])ccc1O. The lowest BCUT2D eigenvalue weighted by Gasteiger charge is -2.37. The van der Waals surface area contributed by atoms with Crippen molar-refractivity contribution in [2.45, 2.75) is 6.17 Å². The zero-order valence-corrected chi connectivity index (χ0v) is 12.7. The van der Waals surface area contributed by atoms with Gasteiger partial charge in [0.15, 0.2) is 0 Å². The summed E-state index contributed by atoms with van der Waals surface area (Å²) in [6, 6.07) is 10.7. The highest BCUT2D eigenvalue weighted by Gasteiger charge is 2.34. The Morgan fingerprint density at radius 2 is 2.08 bits per heavy atom. The Labute approximate surface area is 138 Å². The van der Waals surface area contributed by atoms with E-state index in [0.29, 0.717) is 11.3 Å². The van der Waals surface area contributed by atoms with Crippen LogP contribution >= 0.6 is 0 Å². The molecule has 2 aromatic carbocycles. The minimum Gasteiger partial charge on any atom is -0.508 e. The lowest BCUT2D eigenvalue weighted by Crippen LogP contribution is -2.43. The van der Waals surface area contributed by atoms with Crippen LogP contribution in [0.25, 0.3) is 0 Å². The summed E-state index contributed by atoms with van der Waals surface area (Å²) in [6.45, 7) is 3.88. The molecule has 0 saturated heterocycles. The highest BCUT2D eigenvalue weighted by Crippen LogP contribution is 2.37. The van der Waals surface area contributed by atoms with Crippen molar-refractivity contribution in [3.05, 3.63) is 76.4 Å². The second-order valence-corrected chi connectivity index (χ2v) is 5.34. The van der Waals surface area contributed by atoms with Crippen molar-refractivity contribution in [1.82, 2.24) is 4.90 Å². The Balaban J connectivity index is 2.12. The van der Waals surface area contributed by atoms with Crippen molar-refractivity contribution < 1.29 is 14.8 Å². The van der Waals surface area contributed by atoms with Crippen LogP contribution in [0.1, 0.15) is 22.1 Å². The van der Waals surface area contributed by atoms with Gasteiger partial charge in [-0.05, 0) is 18.2 Å². The van der Waals surface area contributed by atoms with Crippen LogP contribution in [-0.4, -0.2) is 27.4 Å². The average molecular weight is 325 g/mol. The number of aromatic hydroxyl groups is 1. The van der Waals surface area contributed by atoms with E-state index in [0.717, 1.165) is 0 Å². The van der Waals surface area contributed by atoms with Crippen LogP contribution in [0.15, 0.2) is 55.1 Å². The van der Waals surface area contributed by atoms with Crippen molar-refractivity contribution >= 4 is 17.3 Å². The summed E-state index contributed by atoms with van der Waals surface area (Å²) in [4.78, 5) is 24.7. The molecule has 1 unspecified atom stereocenters. The van der Waals surface area contributed by atoms with Gasteiger partial charge in [0.2, 0.25) is 0 Å². The number of rotatable bonds is 4. The van der Waals surface area contributed by atoms with Crippen LogP contribution < -0.4 is 5.32 Å². The first-order valence-electron chi connectivity index (χ1n) is 7.27. The molecule has 7 heteroatoms. The van der Waals surface area contributed by atoms with E-state index in [4.69, 9.17) is 0 Å². The van der Waals surface area contributed by atoms with E-state index >= 15 is 0 Å². The van der Waals surface area contributed by atoms with Crippen LogP contribution in [0.5, 0.6) is 5.75 Å². The number of hydrogen-bond acceptors (Lipinski definition) is 5. The third kappa shape index (κ3) is 2.56. The Morgan fingerprint density at radius 1 is 1.33 bits per heavy atom. The number of para-hydroxylation sites is 1. The number of fused-ring (bicyclic) bond motifs is 1. The normalized spacial score (nSPS) is 16.2. The molecule has 1 heterocycles. The Bertz CT molecular complexity index is 834. The Hall–Kier alpha value is -3.35. The van der Waals surface area contributed by atoms with Gasteiger partial charge in [0.05, 0.1) is 10.5 Å². The van der Waals surface area contributed by atoms with Crippen LogP contribution in [0.2, 0.25) is 0 Å². The first kappa shape index (κ1) is 15.5. The Kier molecular flexibility index (Phi) is 3.91. The van der Waals surface area contributed by atoms with Crippen LogP contribution in [0.3, 0.4) is 0 Å². The smallest absolute Gasteiger partial charge is 0.270 e. The van der Waals surface area contributed by atoms with Crippen LogP contribution in [0.4, 0.5) is 11.4 Å². The average Bonchev–Trinajstić information content (AvgIpc) is 2.58. The fraction of sp³-hybridized carbons (Fsp3) is 0.118. The maximum atomic E-state index is 12.7. The summed E-state index contributed by atoms with van der Waals surface area (Å²) in [7, 11) is 0. The highest BCUT2D eigenvalue weighted by molar-refractivity contribution is 6.01. The summed E-state index contributed by atoms with van der Waals surface area (Å²) in [5, 5.41) is 24.3. The number of amides is 1. The predicted molar refractivity (Wildman–Crippen MR) is 88.8 cm³/mol. The molecule has 0 fully saturated rings. The number of nitrogens with one attached hydrogen (secondary N) is 1. The lowest BCUT2D eigenvalue weighted by molar-refractivity contribution is -0.385. The summed E-state index contributed by atoms with van der Waals surface area (Å²) in [5.41, 5.74) is 1.21. The number of carbonyl (C=O) groups is 1. The summed E-state index contributed by atoms with van der Waals surface area (Å²) in [6.07, 6.45) is 0.833. The van der Waals surface area contributed by atoms with Gasteiger partial charge in [-0.1, -0.05) is 18.2 Å². The molecule has 122 valence electrons. The van der Waals surface area contributed by atoms with Gasteiger partial charge in [-0.25, -0.2) is 0 Å². The molecule has 0 saturated carbocycles. The quantitative estimate of drug-likeness (QED) is 0.512. The van der Waals surface area contributed by atoms with Crippen molar-refractivity contribution in [2.24, 2.45) is 0 Å². The van der Waals surface area contributed by atoms with Crippen molar-refractivity contribution in [3.8, 4) is 5.75 Å². The molecule has 0 bridgehead atoms. The van der Waals surface area contributed by atoms with E-state index in [-0.39, 0.29) is 29.5 Å². The number of anilines is 1. The Morgan fingerprint density at radius 3 is 2.79 bits per heavy atom. The first-order chi connectivity index (χ1) is 11.5. The minimum absolute atomic E-state index is 0.126. The fourth-order valence-electron chi connectivity index (χ4n) is 2.74. The largest absolute Gasteiger partial charge is 0.508 e. The fourth-order valence-corrected chi connectivity index (χ4v) is 2.74. The number of phenolic OH excluding ortho intramolecular Hbond substituents is 1. The molecule has 0 radical (unpaired) electrons. The minimum atomic E-state index is -0.731. The number of carbonyl (C=O) groups excluding carboxylic acids is 1. The maximum absolute atomic E-state index is 12.7. The van der Waals surface area contributed by atoms with Gasteiger partial charge in [-0.3, -0.25) is 14.9 Å². The zero-order valence-electron chi connectivity index (χ0n) is 12.7. The molecule has 1 aliphatic heterocycles. The topological polar surface area (TPSA) is 95.7 Å². The molecule has 0 spiro atoms. The van der Waals surface area contributed by atoms with E-state index in [1.54, 1.807) is 30.3 Å². The van der Waals surface area contributed by atoms with Gasteiger partial charge in [0, 0.05) is 29.9 Å². The van der Waals surface area contributed by atoms with Crippen molar-refractivity contribution in [2.75, 3.05) is 11.9 Å². The molecule has 1 amide bonds. The maximum Gasteiger partial charge on any atom is 0.270 e.